The van der Waals surface area contributed by atoms with Gasteiger partial charge in [-0.3, -0.25) is 0 Å². The molecule has 0 amide bonds. The van der Waals surface area contributed by atoms with Crippen LogP contribution in [0.15, 0.2) is 45.3 Å². The van der Waals surface area contributed by atoms with Crippen LogP contribution in [0.2, 0.25) is 5.02 Å². The summed E-state index contributed by atoms with van der Waals surface area (Å²) in [6, 6.07) is 10.00. The standard InChI is InChI=1S/C14H10Br2ClFO/c15-9-3-4-12(17)11(6-9)14(19)5-8-1-2-10(16)7-13(8)18/h1-4,6-7,14,19H,5H2. The number of aliphatic hydroxyl groups is 1. The lowest BCUT2D eigenvalue weighted by molar-refractivity contribution is 0.177. The summed E-state index contributed by atoms with van der Waals surface area (Å²) in [5.41, 5.74) is 1.03. The van der Waals surface area contributed by atoms with Gasteiger partial charge in [-0.05, 0) is 35.9 Å². The fourth-order valence-corrected chi connectivity index (χ4v) is 2.73. The topological polar surface area (TPSA) is 20.2 Å². The Labute approximate surface area is 132 Å². The first-order valence-corrected chi connectivity index (χ1v) is 7.50. The van der Waals surface area contributed by atoms with Gasteiger partial charge in [-0.1, -0.05) is 49.5 Å². The van der Waals surface area contributed by atoms with Crippen molar-refractivity contribution < 1.29 is 9.50 Å². The highest BCUT2D eigenvalue weighted by Crippen LogP contribution is 2.29. The van der Waals surface area contributed by atoms with Crippen LogP contribution in [-0.4, -0.2) is 5.11 Å². The zero-order chi connectivity index (χ0) is 14.0. The molecule has 0 fully saturated rings. The number of halogens is 4. The third-order valence-corrected chi connectivity index (χ3v) is 4.08. The molecule has 0 saturated carbocycles. The highest BCUT2D eigenvalue weighted by molar-refractivity contribution is 9.10. The smallest absolute Gasteiger partial charge is 0.127 e. The molecule has 1 atom stereocenters. The lowest BCUT2D eigenvalue weighted by atomic mass is 10.0. The van der Waals surface area contributed by atoms with E-state index in [9.17, 15) is 9.50 Å². The van der Waals surface area contributed by atoms with Gasteiger partial charge in [0.1, 0.15) is 5.82 Å². The second kappa shape index (κ2) is 6.35. The van der Waals surface area contributed by atoms with E-state index in [0.717, 1.165) is 4.47 Å². The summed E-state index contributed by atoms with van der Waals surface area (Å²) >= 11 is 12.6. The van der Waals surface area contributed by atoms with Crippen LogP contribution in [0.25, 0.3) is 0 Å². The molecule has 0 radical (unpaired) electrons. The maximum absolute atomic E-state index is 13.7. The summed E-state index contributed by atoms with van der Waals surface area (Å²) in [5.74, 6) is -0.348. The van der Waals surface area contributed by atoms with E-state index in [2.05, 4.69) is 31.9 Å². The monoisotopic (exact) mass is 406 g/mol. The fourth-order valence-electron chi connectivity index (χ4n) is 1.78. The molecule has 0 aliphatic rings. The lowest BCUT2D eigenvalue weighted by Crippen LogP contribution is -2.04. The average Bonchev–Trinajstić information content (AvgIpc) is 2.35. The predicted molar refractivity (Wildman–Crippen MR) is 81.9 cm³/mol. The summed E-state index contributed by atoms with van der Waals surface area (Å²) in [6.07, 6.45) is -0.671. The Morgan fingerprint density at radius 3 is 2.42 bits per heavy atom. The van der Waals surface area contributed by atoms with Gasteiger partial charge in [0.25, 0.3) is 0 Å². The van der Waals surface area contributed by atoms with Crippen molar-refractivity contribution in [1.82, 2.24) is 0 Å². The van der Waals surface area contributed by atoms with Crippen molar-refractivity contribution in [3.05, 3.63) is 67.3 Å². The Balaban J connectivity index is 2.25. The minimum absolute atomic E-state index is 0.176. The summed E-state index contributed by atoms with van der Waals surface area (Å²) < 4.78 is 15.2. The molecule has 0 aromatic heterocycles. The minimum Gasteiger partial charge on any atom is -0.388 e. The SMILES string of the molecule is OC(Cc1ccc(Br)cc1F)c1cc(Br)ccc1Cl. The molecule has 0 bridgehead atoms. The molecule has 2 rings (SSSR count). The van der Waals surface area contributed by atoms with E-state index in [1.54, 1.807) is 30.3 Å². The van der Waals surface area contributed by atoms with Crippen LogP contribution in [0.5, 0.6) is 0 Å². The van der Waals surface area contributed by atoms with E-state index in [1.165, 1.54) is 6.07 Å². The molecule has 1 N–H and O–H groups in total. The number of benzene rings is 2. The average molecular weight is 408 g/mol. The Hall–Kier alpha value is -0.420. The molecule has 2 aromatic rings. The van der Waals surface area contributed by atoms with Crippen LogP contribution in [0.1, 0.15) is 17.2 Å². The Morgan fingerprint density at radius 2 is 1.74 bits per heavy atom. The van der Waals surface area contributed by atoms with Gasteiger partial charge in [-0.15, -0.1) is 0 Å². The molecule has 19 heavy (non-hydrogen) atoms. The molecule has 0 saturated heterocycles. The largest absolute Gasteiger partial charge is 0.388 e. The van der Waals surface area contributed by atoms with Crippen molar-refractivity contribution in [3.63, 3.8) is 0 Å². The van der Waals surface area contributed by atoms with Crippen molar-refractivity contribution in [3.8, 4) is 0 Å². The van der Waals surface area contributed by atoms with Gasteiger partial charge in [-0.25, -0.2) is 4.39 Å². The van der Waals surface area contributed by atoms with Crippen molar-refractivity contribution >= 4 is 43.5 Å². The van der Waals surface area contributed by atoms with Crippen molar-refractivity contribution in [1.29, 1.82) is 0 Å². The van der Waals surface area contributed by atoms with E-state index >= 15 is 0 Å². The molecule has 1 nitrogen and oxygen atoms in total. The van der Waals surface area contributed by atoms with E-state index in [1.807, 2.05) is 0 Å². The van der Waals surface area contributed by atoms with Crippen LogP contribution in [0.4, 0.5) is 4.39 Å². The van der Waals surface area contributed by atoms with Crippen LogP contribution in [0.3, 0.4) is 0 Å². The zero-order valence-corrected chi connectivity index (χ0v) is 13.6. The van der Waals surface area contributed by atoms with Gasteiger partial charge in [0.05, 0.1) is 6.10 Å². The summed E-state index contributed by atoms with van der Waals surface area (Å²) in [5, 5.41) is 10.7. The molecule has 2 aromatic carbocycles. The quantitative estimate of drug-likeness (QED) is 0.733. The van der Waals surface area contributed by atoms with E-state index in [-0.39, 0.29) is 12.2 Å². The second-order valence-corrected chi connectivity index (χ2v) is 6.36. The van der Waals surface area contributed by atoms with Gasteiger partial charge in [0.2, 0.25) is 0 Å². The summed E-state index contributed by atoms with van der Waals surface area (Å²) in [6.45, 7) is 0. The van der Waals surface area contributed by atoms with Gasteiger partial charge < -0.3 is 5.11 Å². The number of rotatable bonds is 3. The van der Waals surface area contributed by atoms with Gasteiger partial charge in [0.15, 0.2) is 0 Å². The number of hydrogen-bond acceptors (Lipinski definition) is 1. The van der Waals surface area contributed by atoms with Crippen molar-refractivity contribution in [2.45, 2.75) is 12.5 Å². The maximum atomic E-state index is 13.7. The molecular weight excluding hydrogens is 398 g/mol. The maximum Gasteiger partial charge on any atom is 0.127 e. The molecular formula is C14H10Br2ClFO. The van der Waals surface area contributed by atoms with E-state index < -0.39 is 6.10 Å². The normalized spacial score (nSPS) is 12.5. The minimum atomic E-state index is -0.847. The molecule has 1 unspecified atom stereocenters. The van der Waals surface area contributed by atoms with Crippen molar-refractivity contribution in [2.75, 3.05) is 0 Å². The highest BCUT2D eigenvalue weighted by Gasteiger charge is 2.15. The van der Waals surface area contributed by atoms with Gasteiger partial charge >= 0.3 is 0 Å². The van der Waals surface area contributed by atoms with Gasteiger partial charge in [0, 0.05) is 26.0 Å². The predicted octanol–water partition coefficient (Wildman–Crippen LogP) is 5.28. The fraction of sp³-hybridized carbons (Fsp3) is 0.143. The summed E-state index contributed by atoms with van der Waals surface area (Å²) in [7, 11) is 0. The Bertz CT molecular complexity index is 604. The molecule has 100 valence electrons. The van der Waals surface area contributed by atoms with Crippen LogP contribution in [0, 0.1) is 5.82 Å². The molecule has 5 heteroatoms. The van der Waals surface area contributed by atoms with Crippen molar-refractivity contribution in [2.24, 2.45) is 0 Å². The highest BCUT2D eigenvalue weighted by atomic mass is 79.9. The molecule has 0 heterocycles. The Kier molecular flexibility index (Phi) is 5.01. The Morgan fingerprint density at radius 1 is 1.11 bits per heavy atom. The zero-order valence-electron chi connectivity index (χ0n) is 9.71. The third kappa shape index (κ3) is 3.78. The van der Waals surface area contributed by atoms with Crippen LogP contribution >= 0.6 is 43.5 Å². The van der Waals surface area contributed by atoms with Gasteiger partial charge in [-0.2, -0.15) is 0 Å². The second-order valence-electron chi connectivity index (χ2n) is 4.12. The summed E-state index contributed by atoms with van der Waals surface area (Å²) in [4.78, 5) is 0. The van der Waals surface area contributed by atoms with Crippen LogP contribution in [-0.2, 0) is 6.42 Å². The number of aliphatic hydroxyl groups excluding tert-OH is 1. The molecule has 0 spiro atoms. The van der Waals surface area contributed by atoms with Crippen LogP contribution < -0.4 is 0 Å². The number of hydrogen-bond donors (Lipinski definition) is 1. The first kappa shape index (κ1) is 15.0. The first-order chi connectivity index (χ1) is 8.97. The lowest BCUT2D eigenvalue weighted by Gasteiger charge is -2.14. The van der Waals surface area contributed by atoms with E-state index in [4.69, 9.17) is 11.6 Å². The van der Waals surface area contributed by atoms with E-state index in [0.29, 0.717) is 20.6 Å². The third-order valence-electron chi connectivity index (χ3n) is 2.75. The molecule has 0 aliphatic heterocycles. The molecule has 0 aliphatic carbocycles. The first-order valence-electron chi connectivity index (χ1n) is 5.54.